The van der Waals surface area contributed by atoms with Crippen molar-refractivity contribution in [3.05, 3.63) is 29.5 Å². The molecule has 0 saturated heterocycles. The molecule has 0 fully saturated rings. The fourth-order valence-electron chi connectivity index (χ4n) is 1.08. The smallest absolute Gasteiger partial charge is 0.433 e. The van der Waals surface area contributed by atoms with Crippen LogP contribution in [0.5, 0.6) is 5.88 Å². The Kier molecular flexibility index (Phi) is 2.88. The van der Waals surface area contributed by atoms with E-state index in [0.717, 1.165) is 6.08 Å². The minimum Gasteiger partial charge on any atom is -0.493 e. The molecule has 1 aromatic heterocycles. The molecule has 0 saturated carbocycles. The highest BCUT2D eigenvalue weighted by Gasteiger charge is 2.34. The molecule has 1 aromatic rings. The third-order valence-corrected chi connectivity index (χ3v) is 1.76. The lowest BCUT2D eigenvalue weighted by Crippen LogP contribution is -2.11. The average Bonchev–Trinajstić information content (AvgIpc) is 2.14. The number of rotatable bonds is 2. The van der Waals surface area contributed by atoms with Crippen LogP contribution < -0.4 is 0 Å². The van der Waals surface area contributed by atoms with Crippen molar-refractivity contribution in [1.82, 2.24) is 4.98 Å². The van der Waals surface area contributed by atoms with Crippen LogP contribution in [-0.2, 0) is 6.18 Å². The number of aromatic nitrogens is 1. The van der Waals surface area contributed by atoms with Gasteiger partial charge in [-0.1, -0.05) is 12.7 Å². The summed E-state index contributed by atoms with van der Waals surface area (Å²) in [6.07, 6.45) is -3.85. The summed E-state index contributed by atoms with van der Waals surface area (Å²) < 4.78 is 36.8. The van der Waals surface area contributed by atoms with Gasteiger partial charge in [-0.3, -0.25) is 0 Å². The van der Waals surface area contributed by atoms with E-state index in [1.165, 1.54) is 0 Å². The number of halogens is 3. The van der Waals surface area contributed by atoms with Gasteiger partial charge in [-0.25, -0.2) is 9.78 Å². The van der Waals surface area contributed by atoms with Gasteiger partial charge >= 0.3 is 12.1 Å². The molecule has 2 N–H and O–H groups in total. The molecule has 0 aliphatic rings. The van der Waals surface area contributed by atoms with Crippen molar-refractivity contribution >= 4 is 12.0 Å². The number of carboxylic acids is 1. The summed E-state index contributed by atoms with van der Waals surface area (Å²) in [4.78, 5) is 13.4. The van der Waals surface area contributed by atoms with Gasteiger partial charge in [0.25, 0.3) is 0 Å². The highest BCUT2D eigenvalue weighted by atomic mass is 19.4. The summed E-state index contributed by atoms with van der Waals surface area (Å²) in [5.74, 6) is -2.76. The predicted molar refractivity (Wildman–Crippen MR) is 48.0 cm³/mol. The number of carbonyl (C=O) groups is 1. The molecule has 1 heterocycles. The van der Waals surface area contributed by atoms with E-state index >= 15 is 0 Å². The van der Waals surface area contributed by atoms with Gasteiger partial charge in [-0.05, 0) is 11.6 Å². The van der Waals surface area contributed by atoms with Crippen molar-refractivity contribution in [2.45, 2.75) is 6.18 Å². The van der Waals surface area contributed by atoms with Gasteiger partial charge < -0.3 is 10.2 Å². The Balaban J connectivity index is 3.50. The van der Waals surface area contributed by atoms with Gasteiger partial charge in [0.2, 0.25) is 5.88 Å². The summed E-state index contributed by atoms with van der Waals surface area (Å²) in [5, 5.41) is 17.7. The Morgan fingerprint density at radius 3 is 2.44 bits per heavy atom. The van der Waals surface area contributed by atoms with Crippen LogP contribution in [0.2, 0.25) is 0 Å². The third kappa shape index (κ3) is 2.13. The van der Waals surface area contributed by atoms with E-state index in [1.54, 1.807) is 0 Å². The second-order valence-electron chi connectivity index (χ2n) is 2.80. The Morgan fingerprint density at radius 1 is 1.50 bits per heavy atom. The van der Waals surface area contributed by atoms with E-state index in [4.69, 9.17) is 10.2 Å². The van der Waals surface area contributed by atoms with Gasteiger partial charge in [0.15, 0.2) is 0 Å². The minimum atomic E-state index is -4.76. The summed E-state index contributed by atoms with van der Waals surface area (Å²) in [5.41, 5.74) is -2.42. The highest BCUT2D eigenvalue weighted by Crippen LogP contribution is 2.32. The first-order chi connectivity index (χ1) is 7.27. The molecule has 1 rings (SSSR count). The van der Waals surface area contributed by atoms with E-state index < -0.39 is 29.3 Å². The van der Waals surface area contributed by atoms with Crippen LogP contribution in [-0.4, -0.2) is 21.2 Å². The molecular weight excluding hydrogens is 227 g/mol. The van der Waals surface area contributed by atoms with E-state index in [2.05, 4.69) is 11.6 Å². The molecule has 0 radical (unpaired) electrons. The number of hydrogen-bond acceptors (Lipinski definition) is 3. The number of alkyl halides is 3. The molecule has 0 spiro atoms. The van der Waals surface area contributed by atoms with Gasteiger partial charge in [0, 0.05) is 0 Å². The number of pyridine rings is 1. The number of nitrogens with zero attached hydrogens (tertiary/aromatic N) is 1. The Labute approximate surface area is 87.7 Å². The van der Waals surface area contributed by atoms with Gasteiger partial charge in [-0.15, -0.1) is 0 Å². The summed E-state index contributed by atoms with van der Waals surface area (Å²) in [7, 11) is 0. The van der Waals surface area contributed by atoms with Gasteiger partial charge in [-0.2, -0.15) is 13.2 Å². The fraction of sp³-hybridized carbons (Fsp3) is 0.111. The topological polar surface area (TPSA) is 70.4 Å². The second kappa shape index (κ2) is 3.84. The molecule has 0 amide bonds. The van der Waals surface area contributed by atoms with Crippen LogP contribution in [0.25, 0.3) is 6.08 Å². The van der Waals surface area contributed by atoms with E-state index in [1.807, 2.05) is 0 Å². The highest BCUT2D eigenvalue weighted by molar-refractivity contribution is 5.94. The van der Waals surface area contributed by atoms with Crippen molar-refractivity contribution < 1.29 is 28.2 Å². The van der Waals surface area contributed by atoms with Crippen LogP contribution in [0, 0.1) is 0 Å². The molecule has 0 aromatic carbocycles. The Morgan fingerprint density at radius 2 is 2.06 bits per heavy atom. The summed E-state index contributed by atoms with van der Waals surface area (Å²) >= 11 is 0. The Bertz CT molecular complexity index is 454. The van der Waals surface area contributed by atoms with Crippen LogP contribution in [0.4, 0.5) is 13.2 Å². The maximum atomic E-state index is 12.3. The molecule has 86 valence electrons. The maximum Gasteiger partial charge on any atom is 0.433 e. The fourth-order valence-corrected chi connectivity index (χ4v) is 1.08. The van der Waals surface area contributed by atoms with Crippen molar-refractivity contribution in [2.24, 2.45) is 0 Å². The molecule has 16 heavy (non-hydrogen) atoms. The molecule has 0 aliphatic heterocycles. The van der Waals surface area contributed by atoms with Crippen molar-refractivity contribution in [3.63, 3.8) is 0 Å². The first-order valence-corrected chi connectivity index (χ1v) is 3.94. The molecule has 7 heteroatoms. The standard InChI is InChI=1S/C9H6F3NO3/c1-2-4-3-5(9(10,11)12)13-7(14)6(4)8(15)16/h2-3H,1H2,(H,13,14)(H,15,16). The number of aromatic hydroxyl groups is 1. The zero-order chi connectivity index (χ0) is 12.5. The van der Waals surface area contributed by atoms with E-state index in [0.29, 0.717) is 6.07 Å². The lowest BCUT2D eigenvalue weighted by molar-refractivity contribution is -0.141. The Hall–Kier alpha value is -2.05. The minimum absolute atomic E-state index is 0.340. The van der Waals surface area contributed by atoms with Crippen LogP contribution in [0.3, 0.4) is 0 Å². The predicted octanol–water partition coefficient (Wildman–Crippen LogP) is 2.15. The van der Waals surface area contributed by atoms with Crippen LogP contribution in [0.15, 0.2) is 12.6 Å². The molecule has 4 nitrogen and oxygen atoms in total. The molecular formula is C9H6F3NO3. The average molecular weight is 233 g/mol. The summed E-state index contributed by atoms with van der Waals surface area (Å²) in [6.45, 7) is 3.17. The molecule has 0 unspecified atom stereocenters. The summed E-state index contributed by atoms with van der Waals surface area (Å²) in [6, 6.07) is 0.510. The third-order valence-electron chi connectivity index (χ3n) is 1.76. The molecule has 0 aliphatic carbocycles. The van der Waals surface area contributed by atoms with Gasteiger partial charge in [0.1, 0.15) is 11.3 Å². The first kappa shape index (κ1) is 12.0. The largest absolute Gasteiger partial charge is 0.493 e. The SMILES string of the molecule is C=Cc1cc(C(F)(F)F)nc(O)c1C(=O)O. The number of aromatic carboxylic acids is 1. The van der Waals surface area contributed by atoms with Crippen molar-refractivity contribution in [1.29, 1.82) is 0 Å². The quantitative estimate of drug-likeness (QED) is 0.820. The monoisotopic (exact) mass is 233 g/mol. The molecule has 0 bridgehead atoms. The lowest BCUT2D eigenvalue weighted by atomic mass is 10.1. The van der Waals surface area contributed by atoms with Crippen molar-refractivity contribution in [2.75, 3.05) is 0 Å². The maximum absolute atomic E-state index is 12.3. The molecule has 0 atom stereocenters. The first-order valence-electron chi connectivity index (χ1n) is 3.94. The van der Waals surface area contributed by atoms with Crippen molar-refractivity contribution in [3.8, 4) is 5.88 Å². The number of carboxylic acid groups (broad SMARTS) is 1. The normalized spacial score (nSPS) is 11.2. The van der Waals surface area contributed by atoms with E-state index in [9.17, 15) is 18.0 Å². The second-order valence-corrected chi connectivity index (χ2v) is 2.80. The van der Waals surface area contributed by atoms with E-state index in [-0.39, 0.29) is 5.56 Å². The number of hydrogen-bond donors (Lipinski definition) is 2. The zero-order valence-corrected chi connectivity index (χ0v) is 7.75. The van der Waals surface area contributed by atoms with Gasteiger partial charge in [0.05, 0.1) is 0 Å². The zero-order valence-electron chi connectivity index (χ0n) is 7.75. The van der Waals surface area contributed by atoms with Crippen LogP contribution in [0.1, 0.15) is 21.6 Å². The lowest BCUT2D eigenvalue weighted by Gasteiger charge is -2.09. The van der Waals surface area contributed by atoms with Crippen LogP contribution >= 0.6 is 0 Å².